The van der Waals surface area contributed by atoms with Crippen LogP contribution in [0.1, 0.15) is 47.5 Å². The molecule has 3 N–H and O–H groups in total. The second-order valence-electron chi connectivity index (χ2n) is 9.10. The highest BCUT2D eigenvalue weighted by Gasteiger charge is 2.55. The van der Waals surface area contributed by atoms with Gasteiger partial charge in [0, 0.05) is 34.3 Å². The van der Waals surface area contributed by atoms with Crippen molar-refractivity contribution in [2.24, 2.45) is 0 Å². The predicted molar refractivity (Wildman–Crippen MR) is 125 cm³/mol. The molecule has 10 atom stereocenters. The molecule has 2 heterocycles. The van der Waals surface area contributed by atoms with E-state index < -0.39 is 91.9 Å². The van der Waals surface area contributed by atoms with Crippen LogP contribution < -0.4 is 0 Å². The summed E-state index contributed by atoms with van der Waals surface area (Å²) in [4.78, 5) is 47.4. The summed E-state index contributed by atoms with van der Waals surface area (Å²) >= 11 is 0. The zero-order chi connectivity index (χ0) is 29.3. The van der Waals surface area contributed by atoms with Gasteiger partial charge in [-0.2, -0.15) is 0 Å². The third kappa shape index (κ3) is 9.34. The number of aliphatic hydroxyl groups excluding tert-OH is 3. The van der Waals surface area contributed by atoms with Gasteiger partial charge in [-0.25, -0.2) is 0 Å². The number of carbonyl (C=O) groups is 4. The van der Waals surface area contributed by atoms with Crippen molar-refractivity contribution >= 4 is 23.9 Å². The van der Waals surface area contributed by atoms with Crippen molar-refractivity contribution in [3.8, 4) is 0 Å². The molecule has 0 spiro atoms. The Labute approximate surface area is 225 Å². The molecule has 15 heteroatoms. The number of esters is 4. The average Bonchev–Trinajstić information content (AvgIpc) is 2.84. The van der Waals surface area contributed by atoms with E-state index in [1.807, 2.05) is 6.92 Å². The number of hydrogen-bond donors (Lipinski definition) is 3. The van der Waals surface area contributed by atoms with Gasteiger partial charge in [0.05, 0.1) is 6.61 Å². The summed E-state index contributed by atoms with van der Waals surface area (Å²) in [7, 11) is 0. The summed E-state index contributed by atoms with van der Waals surface area (Å²) in [5.74, 6) is -3.04. The number of carbonyl (C=O) groups excluding carboxylic acids is 4. The van der Waals surface area contributed by atoms with E-state index in [1.165, 1.54) is 6.92 Å². The lowest BCUT2D eigenvalue weighted by atomic mass is 9.96. The Balaban J connectivity index is 2.48. The van der Waals surface area contributed by atoms with Gasteiger partial charge < -0.3 is 53.2 Å². The monoisotopic (exact) mass is 566 g/mol. The molecule has 0 bridgehead atoms. The lowest BCUT2D eigenvalue weighted by Gasteiger charge is -2.47. The molecule has 2 aliphatic rings. The third-order valence-corrected chi connectivity index (χ3v) is 5.86. The van der Waals surface area contributed by atoms with E-state index in [2.05, 4.69) is 0 Å². The number of rotatable bonds is 12. The molecular weight excluding hydrogens is 528 g/mol. The van der Waals surface area contributed by atoms with E-state index >= 15 is 0 Å². The Bertz CT molecular complexity index is 834. The highest BCUT2D eigenvalue weighted by molar-refractivity contribution is 5.68. The Morgan fingerprint density at radius 3 is 1.87 bits per heavy atom. The molecule has 0 radical (unpaired) electrons. The first-order chi connectivity index (χ1) is 18.4. The molecule has 15 nitrogen and oxygen atoms in total. The average molecular weight is 567 g/mol. The fourth-order valence-corrected chi connectivity index (χ4v) is 4.21. The van der Waals surface area contributed by atoms with Crippen molar-refractivity contribution in [2.75, 3.05) is 19.8 Å². The van der Waals surface area contributed by atoms with Crippen LogP contribution in [0.15, 0.2) is 0 Å². The van der Waals surface area contributed by atoms with Gasteiger partial charge in [0.1, 0.15) is 31.0 Å². The second-order valence-corrected chi connectivity index (χ2v) is 9.10. The molecule has 2 saturated heterocycles. The Morgan fingerprint density at radius 1 is 0.744 bits per heavy atom. The van der Waals surface area contributed by atoms with Crippen LogP contribution in [0, 0.1) is 0 Å². The largest absolute Gasteiger partial charge is 0.463 e. The van der Waals surface area contributed by atoms with Crippen molar-refractivity contribution in [3.05, 3.63) is 0 Å². The van der Waals surface area contributed by atoms with Crippen LogP contribution in [0.4, 0.5) is 0 Å². The van der Waals surface area contributed by atoms with Crippen molar-refractivity contribution in [3.63, 3.8) is 0 Å². The maximum absolute atomic E-state index is 12.1. The lowest BCUT2D eigenvalue weighted by Crippen LogP contribution is -2.66. The van der Waals surface area contributed by atoms with E-state index in [-0.39, 0.29) is 13.2 Å². The highest BCUT2D eigenvalue weighted by Crippen LogP contribution is 2.33. The number of hydrogen-bond acceptors (Lipinski definition) is 15. The molecule has 39 heavy (non-hydrogen) atoms. The number of ether oxygens (including phenoxy) is 8. The van der Waals surface area contributed by atoms with E-state index in [0.717, 1.165) is 27.2 Å². The first-order valence-electron chi connectivity index (χ1n) is 12.6. The first-order valence-corrected chi connectivity index (χ1v) is 12.6. The van der Waals surface area contributed by atoms with Gasteiger partial charge in [-0.1, -0.05) is 13.3 Å². The second kappa shape index (κ2) is 15.4. The van der Waals surface area contributed by atoms with Crippen molar-refractivity contribution < 1.29 is 72.4 Å². The fraction of sp³-hybridized carbons (Fsp3) is 0.833. The molecular formula is C24H38O15. The Hall–Kier alpha value is -2.40. The molecule has 0 aromatic heterocycles. The minimum atomic E-state index is -1.85. The number of unbranched alkanes of at least 4 members (excludes halogenated alkanes) is 1. The smallest absolute Gasteiger partial charge is 0.303 e. The predicted octanol–water partition coefficient (Wildman–Crippen LogP) is -1.29. The van der Waals surface area contributed by atoms with Gasteiger partial charge in [-0.15, -0.1) is 0 Å². The molecule has 0 aromatic rings. The summed E-state index contributed by atoms with van der Waals surface area (Å²) in [5.41, 5.74) is 0. The van der Waals surface area contributed by atoms with Gasteiger partial charge in [-0.05, 0) is 6.42 Å². The molecule has 0 saturated carbocycles. The standard InChI is InChI=1S/C24H38O15/c1-6-7-8-32-18-16(10-33-11(2)26)38-24(22(36-14(5)29)20(18)35-13(4)28)39-21-19(34-12(3)27)17(30)15(9-25)37-23(21)31/h15-25,30-31H,6-10H2,1-5H3/t15-,16+,17+,18+,19-,20-,21-,22-,23-,24+/m0/s1. The minimum absolute atomic E-state index is 0.204. The molecule has 0 aliphatic carbocycles. The maximum atomic E-state index is 12.1. The number of aliphatic hydroxyl groups is 3. The SMILES string of the molecule is CCCCO[C@H]1[C@H](OC(C)=O)[C@H](OC(C)=O)[C@@H](O[C@H]2[C@@H](OC(C)=O)[C@H](O)[C@H](CO)O[C@@H]2O)O[C@@H]1COC(C)=O. The molecule has 2 fully saturated rings. The Morgan fingerprint density at radius 2 is 1.33 bits per heavy atom. The van der Waals surface area contributed by atoms with Crippen LogP contribution in [-0.2, 0) is 57.1 Å². The molecule has 0 aromatic carbocycles. The van der Waals surface area contributed by atoms with Gasteiger partial charge in [-0.3, -0.25) is 19.2 Å². The van der Waals surface area contributed by atoms with Gasteiger partial charge in [0.25, 0.3) is 0 Å². The third-order valence-electron chi connectivity index (χ3n) is 5.86. The highest BCUT2D eigenvalue weighted by atomic mass is 16.8. The van der Waals surface area contributed by atoms with Crippen LogP contribution in [0.25, 0.3) is 0 Å². The lowest BCUT2D eigenvalue weighted by molar-refractivity contribution is -0.364. The van der Waals surface area contributed by atoms with Crippen LogP contribution in [0.5, 0.6) is 0 Å². The van der Waals surface area contributed by atoms with Crippen LogP contribution in [0.3, 0.4) is 0 Å². The van der Waals surface area contributed by atoms with E-state index in [0.29, 0.717) is 6.42 Å². The van der Waals surface area contributed by atoms with E-state index in [4.69, 9.17) is 37.9 Å². The van der Waals surface area contributed by atoms with E-state index in [9.17, 15) is 34.5 Å². The van der Waals surface area contributed by atoms with Gasteiger partial charge in [0.15, 0.2) is 37.0 Å². The van der Waals surface area contributed by atoms with Crippen molar-refractivity contribution in [2.45, 2.75) is 109 Å². The molecule has 2 rings (SSSR count). The van der Waals surface area contributed by atoms with Gasteiger partial charge in [0.2, 0.25) is 0 Å². The first kappa shape index (κ1) is 32.8. The van der Waals surface area contributed by atoms with Crippen molar-refractivity contribution in [1.29, 1.82) is 0 Å². The Kier molecular flexibility index (Phi) is 13.0. The topological polar surface area (TPSA) is 203 Å². The minimum Gasteiger partial charge on any atom is -0.463 e. The van der Waals surface area contributed by atoms with Crippen LogP contribution in [0.2, 0.25) is 0 Å². The van der Waals surface area contributed by atoms with Crippen molar-refractivity contribution in [1.82, 2.24) is 0 Å². The fourth-order valence-electron chi connectivity index (χ4n) is 4.21. The summed E-state index contributed by atoms with van der Waals surface area (Å²) < 4.78 is 44.1. The van der Waals surface area contributed by atoms with Gasteiger partial charge >= 0.3 is 23.9 Å². The van der Waals surface area contributed by atoms with Crippen LogP contribution in [-0.4, -0.2) is 120 Å². The molecule has 2 aliphatic heterocycles. The van der Waals surface area contributed by atoms with Crippen LogP contribution >= 0.6 is 0 Å². The summed E-state index contributed by atoms with van der Waals surface area (Å²) in [6.07, 6.45) is -13.2. The molecule has 224 valence electrons. The molecule has 0 unspecified atom stereocenters. The summed E-state index contributed by atoms with van der Waals surface area (Å²) in [6, 6.07) is 0. The quantitative estimate of drug-likeness (QED) is 0.143. The summed E-state index contributed by atoms with van der Waals surface area (Å²) in [6.45, 7) is 5.50. The zero-order valence-electron chi connectivity index (χ0n) is 22.5. The summed E-state index contributed by atoms with van der Waals surface area (Å²) in [5, 5.41) is 30.7. The van der Waals surface area contributed by atoms with E-state index in [1.54, 1.807) is 0 Å². The molecule has 0 amide bonds. The maximum Gasteiger partial charge on any atom is 0.303 e. The zero-order valence-corrected chi connectivity index (χ0v) is 22.5. The normalized spacial score (nSPS) is 34.6.